The number of nitro groups is 1. The molecule has 1 aromatic carbocycles. The highest BCUT2D eigenvalue weighted by Crippen LogP contribution is 2.20. The number of hydrogen-bond donors (Lipinski definition) is 0. The smallest absolute Gasteiger partial charge is 0.269 e. The molecule has 1 saturated heterocycles. The van der Waals surface area contributed by atoms with Gasteiger partial charge >= 0.3 is 0 Å². The second-order valence-corrected chi connectivity index (χ2v) is 5.77. The molecule has 9 heteroatoms. The third-order valence-electron chi connectivity index (χ3n) is 4.02. The second-order valence-electron chi connectivity index (χ2n) is 5.77. The summed E-state index contributed by atoms with van der Waals surface area (Å²) in [6.07, 6.45) is 6.51. The van der Waals surface area contributed by atoms with E-state index in [1.165, 1.54) is 30.7 Å². The molecule has 25 heavy (non-hydrogen) atoms. The molecule has 1 fully saturated rings. The molecule has 1 aliphatic heterocycles. The Balaban J connectivity index is 1.66. The number of amides is 1. The standard InChI is InChI=1S/C16H18N6O3/c23-15(20-9-2-1-3-10-20)12-21-11-8-17-16(21)19-18-13-4-6-14(7-5-13)22(24)25/h4-8,11H,1-3,9-10,12H2. The van der Waals surface area contributed by atoms with Crippen LogP contribution in [0.25, 0.3) is 0 Å². The minimum absolute atomic E-state index is 0.00687. The van der Waals surface area contributed by atoms with E-state index in [2.05, 4.69) is 15.2 Å². The van der Waals surface area contributed by atoms with Crippen molar-refractivity contribution in [3.05, 3.63) is 46.8 Å². The highest BCUT2D eigenvalue weighted by molar-refractivity contribution is 5.76. The van der Waals surface area contributed by atoms with Crippen molar-refractivity contribution in [2.24, 2.45) is 10.2 Å². The minimum atomic E-state index is -0.472. The number of aromatic nitrogens is 2. The first-order valence-corrected chi connectivity index (χ1v) is 8.08. The highest BCUT2D eigenvalue weighted by atomic mass is 16.6. The molecule has 1 aromatic heterocycles. The van der Waals surface area contributed by atoms with Crippen LogP contribution in [0.3, 0.4) is 0 Å². The quantitative estimate of drug-likeness (QED) is 0.472. The Morgan fingerprint density at radius 2 is 1.88 bits per heavy atom. The van der Waals surface area contributed by atoms with Gasteiger partial charge in [-0.25, -0.2) is 4.98 Å². The van der Waals surface area contributed by atoms with Gasteiger partial charge in [0.05, 0.1) is 10.6 Å². The van der Waals surface area contributed by atoms with Crippen molar-refractivity contribution in [3.8, 4) is 0 Å². The molecule has 2 aromatic rings. The molecule has 0 N–H and O–H groups in total. The predicted octanol–water partition coefficient (Wildman–Crippen LogP) is 3.22. The summed E-state index contributed by atoms with van der Waals surface area (Å²) in [7, 11) is 0. The molecule has 0 bridgehead atoms. The molecular weight excluding hydrogens is 324 g/mol. The fraction of sp³-hybridized carbons (Fsp3) is 0.375. The van der Waals surface area contributed by atoms with Gasteiger partial charge in [0.25, 0.3) is 5.69 Å². The molecule has 3 rings (SSSR count). The zero-order chi connectivity index (χ0) is 17.6. The molecule has 0 aliphatic carbocycles. The summed E-state index contributed by atoms with van der Waals surface area (Å²) in [5.74, 6) is 0.369. The highest BCUT2D eigenvalue weighted by Gasteiger charge is 2.17. The topological polar surface area (TPSA) is 106 Å². The molecule has 0 saturated carbocycles. The number of piperidine rings is 1. The van der Waals surface area contributed by atoms with Gasteiger partial charge in [0, 0.05) is 37.6 Å². The van der Waals surface area contributed by atoms with Gasteiger partial charge in [-0.2, -0.15) is 0 Å². The lowest BCUT2D eigenvalue weighted by atomic mass is 10.1. The first-order valence-electron chi connectivity index (χ1n) is 8.08. The van der Waals surface area contributed by atoms with Crippen molar-refractivity contribution in [2.75, 3.05) is 13.1 Å². The van der Waals surface area contributed by atoms with E-state index < -0.39 is 4.92 Å². The van der Waals surface area contributed by atoms with Crippen LogP contribution < -0.4 is 0 Å². The summed E-state index contributed by atoms with van der Waals surface area (Å²) in [5, 5.41) is 18.7. The van der Waals surface area contributed by atoms with Crippen LogP contribution >= 0.6 is 0 Å². The van der Waals surface area contributed by atoms with Gasteiger partial charge in [-0.1, -0.05) is 0 Å². The largest absolute Gasteiger partial charge is 0.341 e. The van der Waals surface area contributed by atoms with Crippen LogP contribution in [0, 0.1) is 10.1 Å². The van der Waals surface area contributed by atoms with Crippen molar-refractivity contribution in [2.45, 2.75) is 25.8 Å². The Morgan fingerprint density at radius 3 is 2.56 bits per heavy atom. The van der Waals surface area contributed by atoms with Gasteiger partial charge in [-0.3, -0.25) is 14.9 Å². The number of carbonyl (C=O) groups is 1. The average Bonchev–Trinajstić information content (AvgIpc) is 3.08. The number of non-ortho nitro benzene ring substituents is 1. The molecule has 2 heterocycles. The summed E-state index contributed by atoms with van der Waals surface area (Å²) in [4.78, 5) is 28.5. The van der Waals surface area contributed by atoms with Gasteiger partial charge in [0.1, 0.15) is 6.54 Å². The van der Waals surface area contributed by atoms with Crippen molar-refractivity contribution in [1.82, 2.24) is 14.5 Å². The SMILES string of the molecule is O=C(Cn1ccnc1N=Nc1ccc([N+](=O)[O-])cc1)N1CCCCC1. The number of imidazole rings is 1. The van der Waals surface area contributed by atoms with Crippen LogP contribution in [0.1, 0.15) is 19.3 Å². The van der Waals surface area contributed by atoms with E-state index >= 15 is 0 Å². The van der Waals surface area contributed by atoms with E-state index in [0.29, 0.717) is 11.6 Å². The minimum Gasteiger partial charge on any atom is -0.341 e. The molecule has 1 amide bonds. The fourth-order valence-corrected chi connectivity index (χ4v) is 2.66. The van der Waals surface area contributed by atoms with E-state index in [1.54, 1.807) is 17.0 Å². The Bertz CT molecular complexity index is 777. The van der Waals surface area contributed by atoms with E-state index in [4.69, 9.17) is 0 Å². The number of carbonyl (C=O) groups excluding carboxylic acids is 1. The third kappa shape index (κ3) is 4.25. The van der Waals surface area contributed by atoms with Crippen molar-refractivity contribution in [3.63, 3.8) is 0 Å². The second kappa shape index (κ2) is 7.65. The van der Waals surface area contributed by atoms with Crippen LogP contribution in [0.5, 0.6) is 0 Å². The first kappa shape index (κ1) is 16.7. The molecule has 130 valence electrons. The number of hydrogen-bond acceptors (Lipinski definition) is 6. The van der Waals surface area contributed by atoms with Gasteiger partial charge in [-0.05, 0) is 31.4 Å². The number of azo groups is 1. The Labute approximate surface area is 144 Å². The number of nitro benzene ring substituents is 1. The van der Waals surface area contributed by atoms with E-state index in [1.807, 2.05) is 4.90 Å². The lowest BCUT2D eigenvalue weighted by Gasteiger charge is -2.26. The summed E-state index contributed by atoms with van der Waals surface area (Å²) in [6.45, 7) is 1.77. The summed E-state index contributed by atoms with van der Waals surface area (Å²) in [6, 6.07) is 5.74. The van der Waals surface area contributed by atoms with Crippen molar-refractivity contribution >= 4 is 23.2 Å². The Kier molecular flexibility index (Phi) is 5.12. The van der Waals surface area contributed by atoms with Crippen LogP contribution in [0.15, 0.2) is 46.9 Å². The first-order chi connectivity index (χ1) is 12.1. The van der Waals surface area contributed by atoms with Gasteiger partial charge in [0.15, 0.2) is 0 Å². The van der Waals surface area contributed by atoms with Crippen LogP contribution in [-0.4, -0.2) is 38.4 Å². The van der Waals surface area contributed by atoms with Crippen LogP contribution in [0.4, 0.5) is 17.3 Å². The number of benzene rings is 1. The molecule has 0 atom stereocenters. The van der Waals surface area contributed by atoms with Crippen molar-refractivity contribution in [1.29, 1.82) is 0 Å². The summed E-state index contributed by atoms with van der Waals surface area (Å²) < 4.78 is 1.64. The zero-order valence-electron chi connectivity index (χ0n) is 13.6. The maximum Gasteiger partial charge on any atom is 0.269 e. The summed E-state index contributed by atoms with van der Waals surface area (Å²) in [5.41, 5.74) is 0.468. The predicted molar refractivity (Wildman–Crippen MR) is 89.9 cm³/mol. The third-order valence-corrected chi connectivity index (χ3v) is 4.02. The lowest BCUT2D eigenvalue weighted by Crippen LogP contribution is -2.37. The summed E-state index contributed by atoms with van der Waals surface area (Å²) >= 11 is 0. The monoisotopic (exact) mass is 342 g/mol. The van der Waals surface area contributed by atoms with Crippen molar-refractivity contribution < 1.29 is 9.72 Å². The average molecular weight is 342 g/mol. The van der Waals surface area contributed by atoms with E-state index in [-0.39, 0.29) is 18.1 Å². The lowest BCUT2D eigenvalue weighted by molar-refractivity contribution is -0.384. The molecule has 9 nitrogen and oxygen atoms in total. The van der Waals surface area contributed by atoms with E-state index in [0.717, 1.165) is 25.9 Å². The normalized spacial score (nSPS) is 14.8. The van der Waals surface area contributed by atoms with Gasteiger partial charge in [0.2, 0.25) is 11.9 Å². The molecule has 0 unspecified atom stereocenters. The maximum absolute atomic E-state index is 12.3. The molecule has 0 spiro atoms. The maximum atomic E-state index is 12.3. The molecule has 1 aliphatic rings. The van der Waals surface area contributed by atoms with Crippen LogP contribution in [0.2, 0.25) is 0 Å². The van der Waals surface area contributed by atoms with Gasteiger partial charge in [-0.15, -0.1) is 10.2 Å². The number of rotatable bonds is 5. The molecular formula is C16H18N6O3. The number of likely N-dealkylation sites (tertiary alicyclic amines) is 1. The number of nitrogens with zero attached hydrogens (tertiary/aromatic N) is 6. The van der Waals surface area contributed by atoms with Gasteiger partial charge < -0.3 is 9.47 Å². The van der Waals surface area contributed by atoms with E-state index in [9.17, 15) is 14.9 Å². The van der Waals surface area contributed by atoms with Crippen LogP contribution in [-0.2, 0) is 11.3 Å². The Hall–Kier alpha value is -3.10. The molecule has 0 radical (unpaired) electrons. The zero-order valence-corrected chi connectivity index (χ0v) is 13.6. The Morgan fingerprint density at radius 1 is 1.16 bits per heavy atom. The fourth-order valence-electron chi connectivity index (χ4n) is 2.66.